The van der Waals surface area contributed by atoms with E-state index < -0.39 is 0 Å². The Labute approximate surface area is 104 Å². The third-order valence-corrected chi connectivity index (χ3v) is 3.00. The quantitative estimate of drug-likeness (QED) is 0.537. The molecule has 0 atom stereocenters. The molecule has 1 rings (SSSR count). The standard InChI is InChI=1S/C14H20OS/c15-14-11-7-6-10-13(14)9-5-3-1-2-4-8-12-16/h6-7,10-12,15H,1-5,8-9H2. The predicted octanol–water partition coefficient (Wildman–Crippen LogP) is 4.28. The van der Waals surface area contributed by atoms with Crippen molar-refractivity contribution in [1.82, 2.24) is 0 Å². The molecule has 16 heavy (non-hydrogen) atoms. The van der Waals surface area contributed by atoms with E-state index in [2.05, 4.69) is 0 Å². The zero-order valence-electron chi connectivity index (χ0n) is 9.69. The van der Waals surface area contributed by atoms with Crippen molar-refractivity contribution < 1.29 is 5.11 Å². The Hall–Kier alpha value is -0.890. The van der Waals surface area contributed by atoms with Gasteiger partial charge in [-0.3, -0.25) is 0 Å². The summed E-state index contributed by atoms with van der Waals surface area (Å²) in [7, 11) is 0. The van der Waals surface area contributed by atoms with Crippen LogP contribution in [0, 0.1) is 0 Å². The number of aromatic hydroxyl groups is 1. The fraction of sp³-hybridized carbons (Fsp3) is 0.500. The summed E-state index contributed by atoms with van der Waals surface area (Å²) in [6.45, 7) is 0. The van der Waals surface area contributed by atoms with Gasteiger partial charge in [-0.15, -0.1) is 0 Å². The predicted molar refractivity (Wildman–Crippen MR) is 73.2 cm³/mol. The molecule has 88 valence electrons. The molecule has 1 aromatic carbocycles. The lowest BCUT2D eigenvalue weighted by molar-refractivity contribution is 0.466. The van der Waals surface area contributed by atoms with Crippen molar-refractivity contribution in [2.45, 2.75) is 44.9 Å². The maximum absolute atomic E-state index is 9.57. The van der Waals surface area contributed by atoms with Gasteiger partial charge in [0.1, 0.15) is 5.75 Å². The molecule has 0 aliphatic rings. The highest BCUT2D eigenvalue weighted by Gasteiger charge is 1.98. The van der Waals surface area contributed by atoms with Crippen LogP contribution in [0.5, 0.6) is 5.75 Å². The molecule has 0 amide bonds. The van der Waals surface area contributed by atoms with E-state index in [0.717, 1.165) is 24.8 Å². The van der Waals surface area contributed by atoms with Crippen LogP contribution in [-0.2, 0) is 6.42 Å². The van der Waals surface area contributed by atoms with Gasteiger partial charge in [0.25, 0.3) is 0 Å². The molecule has 0 fully saturated rings. The lowest BCUT2D eigenvalue weighted by Gasteiger charge is -2.03. The maximum atomic E-state index is 9.57. The van der Waals surface area contributed by atoms with Gasteiger partial charge in [0.15, 0.2) is 0 Å². The zero-order chi connectivity index (χ0) is 11.6. The highest BCUT2D eigenvalue weighted by Crippen LogP contribution is 2.18. The molecule has 0 aromatic heterocycles. The smallest absolute Gasteiger partial charge is 0.118 e. The number of aryl methyl sites for hydroxylation is 1. The van der Waals surface area contributed by atoms with Crippen LogP contribution in [0.15, 0.2) is 24.3 Å². The number of benzene rings is 1. The topological polar surface area (TPSA) is 20.2 Å². The normalized spacial score (nSPS) is 10.2. The SMILES string of the molecule is Oc1ccccc1CCCCCCCC=S. The number of hydrogen-bond acceptors (Lipinski definition) is 2. The Kier molecular flexibility index (Phi) is 6.82. The first-order valence-corrected chi connectivity index (χ1v) is 6.52. The summed E-state index contributed by atoms with van der Waals surface area (Å²) in [4.78, 5) is 0. The van der Waals surface area contributed by atoms with Gasteiger partial charge in [0.05, 0.1) is 0 Å². The van der Waals surface area contributed by atoms with E-state index in [1.807, 2.05) is 23.6 Å². The van der Waals surface area contributed by atoms with E-state index >= 15 is 0 Å². The molecule has 1 aromatic rings. The van der Waals surface area contributed by atoms with Crippen molar-refractivity contribution >= 4 is 17.6 Å². The van der Waals surface area contributed by atoms with Gasteiger partial charge >= 0.3 is 0 Å². The van der Waals surface area contributed by atoms with Gasteiger partial charge in [-0.25, -0.2) is 0 Å². The van der Waals surface area contributed by atoms with Crippen molar-refractivity contribution in [2.75, 3.05) is 0 Å². The molecule has 0 aliphatic heterocycles. The second-order valence-corrected chi connectivity index (χ2v) is 4.44. The summed E-state index contributed by atoms with van der Waals surface area (Å²) in [6, 6.07) is 7.61. The van der Waals surface area contributed by atoms with E-state index in [-0.39, 0.29) is 0 Å². The first-order chi connectivity index (χ1) is 7.84. The lowest BCUT2D eigenvalue weighted by atomic mass is 10.0. The van der Waals surface area contributed by atoms with Gasteiger partial charge in [0.2, 0.25) is 0 Å². The molecule has 0 heterocycles. The van der Waals surface area contributed by atoms with E-state index in [1.54, 1.807) is 6.07 Å². The summed E-state index contributed by atoms with van der Waals surface area (Å²) in [5.74, 6) is 0.434. The van der Waals surface area contributed by atoms with E-state index in [9.17, 15) is 5.11 Å². The van der Waals surface area contributed by atoms with Crippen molar-refractivity contribution in [3.8, 4) is 5.75 Å². The molecule has 1 nitrogen and oxygen atoms in total. The number of thiocarbonyl (C=S) groups is 1. The maximum Gasteiger partial charge on any atom is 0.118 e. The molecule has 0 aliphatic carbocycles. The fourth-order valence-corrected chi connectivity index (χ4v) is 1.96. The van der Waals surface area contributed by atoms with E-state index in [4.69, 9.17) is 12.2 Å². The molecular weight excluding hydrogens is 216 g/mol. The molecule has 2 heteroatoms. The Balaban J connectivity index is 2.07. The number of unbranched alkanes of at least 4 members (excludes halogenated alkanes) is 5. The third kappa shape index (κ3) is 5.26. The lowest BCUT2D eigenvalue weighted by Crippen LogP contribution is -1.87. The van der Waals surface area contributed by atoms with Crippen LogP contribution in [0.3, 0.4) is 0 Å². The van der Waals surface area contributed by atoms with E-state index in [1.165, 1.54) is 25.7 Å². The average Bonchev–Trinajstić information content (AvgIpc) is 2.30. The Morgan fingerprint density at radius 3 is 2.44 bits per heavy atom. The van der Waals surface area contributed by atoms with Gasteiger partial charge in [-0.05, 0) is 42.7 Å². The largest absolute Gasteiger partial charge is 0.508 e. The molecule has 0 bridgehead atoms. The summed E-state index contributed by atoms with van der Waals surface area (Å²) in [5, 5.41) is 11.4. The van der Waals surface area contributed by atoms with Gasteiger partial charge in [0, 0.05) is 0 Å². The van der Waals surface area contributed by atoms with Crippen LogP contribution >= 0.6 is 12.2 Å². The first kappa shape index (κ1) is 13.2. The number of hydrogen-bond donors (Lipinski definition) is 1. The fourth-order valence-electron chi connectivity index (χ4n) is 1.80. The number of para-hydroxylation sites is 1. The minimum absolute atomic E-state index is 0.434. The molecule has 0 saturated carbocycles. The number of rotatable bonds is 8. The van der Waals surface area contributed by atoms with Crippen molar-refractivity contribution in [3.05, 3.63) is 29.8 Å². The van der Waals surface area contributed by atoms with Crippen LogP contribution in [-0.4, -0.2) is 10.5 Å². The molecule has 0 saturated heterocycles. The van der Waals surface area contributed by atoms with Crippen LogP contribution < -0.4 is 0 Å². The second-order valence-electron chi connectivity index (χ2n) is 4.10. The highest BCUT2D eigenvalue weighted by molar-refractivity contribution is 7.78. The number of phenolic OH excluding ortho intramolecular Hbond substituents is 1. The van der Waals surface area contributed by atoms with Crippen LogP contribution in [0.2, 0.25) is 0 Å². The summed E-state index contributed by atoms with van der Waals surface area (Å²) >= 11 is 4.78. The minimum Gasteiger partial charge on any atom is -0.508 e. The number of phenols is 1. The van der Waals surface area contributed by atoms with Crippen LogP contribution in [0.4, 0.5) is 0 Å². The van der Waals surface area contributed by atoms with Crippen molar-refractivity contribution in [2.24, 2.45) is 0 Å². The first-order valence-electron chi connectivity index (χ1n) is 6.05. The Bertz CT molecular complexity index is 309. The second kappa shape index (κ2) is 8.28. The molecular formula is C14H20OS. The summed E-state index contributed by atoms with van der Waals surface area (Å²) in [6.07, 6.45) is 8.22. The Morgan fingerprint density at radius 1 is 1.00 bits per heavy atom. The summed E-state index contributed by atoms with van der Waals surface area (Å²) in [5.41, 5.74) is 1.07. The monoisotopic (exact) mass is 236 g/mol. The Morgan fingerprint density at radius 2 is 1.69 bits per heavy atom. The third-order valence-electron chi connectivity index (χ3n) is 2.76. The minimum atomic E-state index is 0.434. The van der Waals surface area contributed by atoms with Crippen molar-refractivity contribution in [1.29, 1.82) is 0 Å². The van der Waals surface area contributed by atoms with Crippen LogP contribution in [0.25, 0.3) is 0 Å². The molecule has 0 radical (unpaired) electrons. The average molecular weight is 236 g/mol. The van der Waals surface area contributed by atoms with E-state index in [0.29, 0.717) is 5.75 Å². The van der Waals surface area contributed by atoms with Gasteiger partial charge < -0.3 is 5.11 Å². The molecule has 1 N–H and O–H groups in total. The highest BCUT2D eigenvalue weighted by atomic mass is 32.1. The summed E-state index contributed by atoms with van der Waals surface area (Å²) < 4.78 is 0. The molecule has 0 spiro atoms. The van der Waals surface area contributed by atoms with Crippen LogP contribution in [0.1, 0.15) is 44.1 Å². The van der Waals surface area contributed by atoms with Gasteiger partial charge in [-0.2, -0.15) is 0 Å². The van der Waals surface area contributed by atoms with Gasteiger partial charge in [-0.1, -0.05) is 49.7 Å². The zero-order valence-corrected chi connectivity index (χ0v) is 10.5. The molecule has 0 unspecified atom stereocenters. The van der Waals surface area contributed by atoms with Crippen molar-refractivity contribution in [3.63, 3.8) is 0 Å².